The van der Waals surface area contributed by atoms with Gasteiger partial charge in [0.2, 0.25) is 17.7 Å². The van der Waals surface area contributed by atoms with Gasteiger partial charge in [-0.15, -0.1) is 0 Å². The zero-order chi connectivity index (χ0) is 26.4. The van der Waals surface area contributed by atoms with Crippen molar-refractivity contribution in [3.63, 3.8) is 0 Å². The molecule has 0 aliphatic heterocycles. The fraction of sp³-hybridized carbons (Fsp3) is 0.455. The number of nitrogens with one attached hydrogen (secondary N) is 3. The Kier molecular flexibility index (Phi) is 12.4. The van der Waals surface area contributed by atoms with Gasteiger partial charge in [0.05, 0.1) is 13.0 Å². The van der Waals surface area contributed by atoms with Crippen LogP contribution in [0.2, 0.25) is 0 Å². The van der Waals surface area contributed by atoms with Gasteiger partial charge in [-0.25, -0.2) is 0 Å². The molecule has 13 heteroatoms. The molecule has 0 saturated heterocycles. The number of aliphatic hydroxyl groups excluding tert-OH is 1. The van der Waals surface area contributed by atoms with Gasteiger partial charge >= 0.3 is 5.97 Å². The molecule has 0 spiro atoms. The van der Waals surface area contributed by atoms with E-state index in [2.05, 4.69) is 20.9 Å². The van der Waals surface area contributed by atoms with Gasteiger partial charge in [0.25, 0.3) is 0 Å². The van der Waals surface area contributed by atoms with E-state index in [1.165, 1.54) is 6.92 Å². The second kappa shape index (κ2) is 15.0. The highest BCUT2D eigenvalue weighted by atomic mass is 16.4. The predicted octanol–water partition coefficient (Wildman–Crippen LogP) is -2.21. The van der Waals surface area contributed by atoms with Crippen LogP contribution in [0.3, 0.4) is 0 Å². The monoisotopic (exact) mass is 492 g/mol. The molecule has 0 aliphatic carbocycles. The number of carboxylic acids is 1. The van der Waals surface area contributed by atoms with Crippen molar-refractivity contribution >= 4 is 35.4 Å². The third-order valence-electron chi connectivity index (χ3n) is 4.76. The SMILES string of the molecule is CC(=O)N[C@@H](CCCN=C(N)N)C(=O)N[C@@H](CC(=O)O)C(=O)N[C@@H](CO)C(=O)Cc1ccccc1. The van der Waals surface area contributed by atoms with E-state index in [-0.39, 0.29) is 25.3 Å². The lowest BCUT2D eigenvalue weighted by atomic mass is 10.0. The smallest absolute Gasteiger partial charge is 0.305 e. The molecule has 0 saturated carbocycles. The number of aliphatic carboxylic acids is 1. The fourth-order valence-corrected chi connectivity index (χ4v) is 3.09. The van der Waals surface area contributed by atoms with Gasteiger partial charge in [-0.3, -0.25) is 29.0 Å². The normalized spacial score (nSPS) is 13.0. The number of guanidine groups is 1. The molecule has 192 valence electrons. The summed E-state index contributed by atoms with van der Waals surface area (Å²) in [4.78, 5) is 64.6. The summed E-state index contributed by atoms with van der Waals surface area (Å²) in [5.41, 5.74) is 11.2. The molecule has 3 atom stereocenters. The molecule has 9 N–H and O–H groups in total. The van der Waals surface area contributed by atoms with Crippen LogP contribution in [0.1, 0.15) is 31.7 Å². The average molecular weight is 493 g/mol. The number of aliphatic hydroxyl groups is 1. The summed E-state index contributed by atoms with van der Waals surface area (Å²) in [5.74, 6) is -4.30. The van der Waals surface area contributed by atoms with Crippen LogP contribution in [0, 0.1) is 0 Å². The van der Waals surface area contributed by atoms with E-state index in [1.807, 2.05) is 0 Å². The lowest BCUT2D eigenvalue weighted by Crippen LogP contribution is -2.56. The van der Waals surface area contributed by atoms with Crippen LogP contribution in [0.15, 0.2) is 35.3 Å². The average Bonchev–Trinajstić information content (AvgIpc) is 2.78. The Bertz CT molecular complexity index is 918. The second-order valence-corrected chi connectivity index (χ2v) is 7.73. The number of carbonyl (C=O) groups excluding carboxylic acids is 4. The van der Waals surface area contributed by atoms with Gasteiger partial charge in [-0.1, -0.05) is 30.3 Å². The first kappa shape index (κ1) is 29.0. The number of rotatable bonds is 15. The van der Waals surface area contributed by atoms with Crippen LogP contribution in [-0.2, 0) is 30.4 Å². The maximum atomic E-state index is 12.7. The van der Waals surface area contributed by atoms with Crippen molar-refractivity contribution in [1.29, 1.82) is 0 Å². The van der Waals surface area contributed by atoms with Crippen molar-refractivity contribution in [1.82, 2.24) is 16.0 Å². The van der Waals surface area contributed by atoms with Crippen molar-refractivity contribution in [2.45, 2.75) is 50.7 Å². The van der Waals surface area contributed by atoms with E-state index >= 15 is 0 Å². The Morgan fingerprint density at radius 1 is 0.943 bits per heavy atom. The molecule has 1 aromatic rings. The van der Waals surface area contributed by atoms with Gasteiger partial charge in [-0.05, 0) is 18.4 Å². The highest BCUT2D eigenvalue weighted by Gasteiger charge is 2.30. The molecule has 1 aromatic carbocycles. The number of carboxylic acid groups (broad SMARTS) is 1. The summed E-state index contributed by atoms with van der Waals surface area (Å²) in [6.07, 6.45) is -0.433. The largest absolute Gasteiger partial charge is 0.481 e. The third kappa shape index (κ3) is 11.6. The standard InChI is InChI=1S/C22H32N6O7/c1-13(30)26-15(8-5-9-25-22(23)24)20(34)27-16(11-19(32)33)21(35)28-17(12-29)18(31)10-14-6-3-2-4-7-14/h2-4,6-7,15-17,29H,5,8-12H2,1H3,(H,26,30)(H,27,34)(H,28,35)(H,32,33)(H4,23,24,25)/t15-,16-,17-/m0/s1. The van der Waals surface area contributed by atoms with Crippen molar-refractivity contribution < 1.29 is 34.2 Å². The van der Waals surface area contributed by atoms with Crippen LogP contribution in [0.25, 0.3) is 0 Å². The number of nitrogens with two attached hydrogens (primary N) is 2. The molecule has 0 aliphatic rings. The van der Waals surface area contributed by atoms with Crippen LogP contribution in [-0.4, -0.2) is 76.9 Å². The van der Waals surface area contributed by atoms with E-state index in [1.54, 1.807) is 30.3 Å². The summed E-state index contributed by atoms with van der Waals surface area (Å²) >= 11 is 0. The molecule has 0 radical (unpaired) electrons. The summed E-state index contributed by atoms with van der Waals surface area (Å²) < 4.78 is 0. The molecular weight excluding hydrogens is 460 g/mol. The van der Waals surface area contributed by atoms with Gasteiger partial charge < -0.3 is 37.6 Å². The van der Waals surface area contributed by atoms with Crippen molar-refractivity contribution in [3.05, 3.63) is 35.9 Å². The Morgan fingerprint density at radius 2 is 1.54 bits per heavy atom. The number of hydrogen-bond acceptors (Lipinski definition) is 7. The Labute approximate surface area is 202 Å². The zero-order valence-corrected chi connectivity index (χ0v) is 19.4. The number of ketones is 1. The van der Waals surface area contributed by atoms with E-state index in [0.29, 0.717) is 12.0 Å². The minimum absolute atomic E-state index is 0.0668. The third-order valence-corrected chi connectivity index (χ3v) is 4.76. The molecule has 0 fully saturated rings. The number of nitrogens with zero attached hydrogens (tertiary/aromatic N) is 1. The van der Waals surface area contributed by atoms with Crippen LogP contribution in [0.4, 0.5) is 0 Å². The topological polar surface area (TPSA) is 226 Å². The van der Waals surface area contributed by atoms with Crippen LogP contribution in [0.5, 0.6) is 0 Å². The fourth-order valence-electron chi connectivity index (χ4n) is 3.09. The maximum Gasteiger partial charge on any atom is 0.305 e. The molecular formula is C22H32N6O7. The molecule has 1 rings (SSSR count). The summed E-state index contributed by atoms with van der Waals surface area (Å²) in [6.45, 7) is 0.666. The number of hydrogen-bond donors (Lipinski definition) is 7. The lowest BCUT2D eigenvalue weighted by Gasteiger charge is -2.23. The highest BCUT2D eigenvalue weighted by Crippen LogP contribution is 2.05. The molecule has 0 unspecified atom stereocenters. The van der Waals surface area contributed by atoms with E-state index in [4.69, 9.17) is 11.5 Å². The zero-order valence-electron chi connectivity index (χ0n) is 19.4. The van der Waals surface area contributed by atoms with Gasteiger partial charge in [0, 0.05) is 19.9 Å². The molecule has 13 nitrogen and oxygen atoms in total. The summed E-state index contributed by atoms with van der Waals surface area (Å²) in [7, 11) is 0. The minimum atomic E-state index is -1.56. The van der Waals surface area contributed by atoms with Crippen molar-refractivity contribution in [3.8, 4) is 0 Å². The minimum Gasteiger partial charge on any atom is -0.481 e. The number of benzene rings is 1. The van der Waals surface area contributed by atoms with Crippen LogP contribution < -0.4 is 27.4 Å². The highest BCUT2D eigenvalue weighted by molar-refractivity contribution is 5.96. The Morgan fingerprint density at radius 3 is 2.09 bits per heavy atom. The van der Waals surface area contributed by atoms with E-state index < -0.39 is 60.6 Å². The van der Waals surface area contributed by atoms with Gasteiger partial charge in [0.15, 0.2) is 11.7 Å². The molecule has 35 heavy (non-hydrogen) atoms. The molecule has 3 amide bonds. The molecule has 0 aromatic heterocycles. The first-order chi connectivity index (χ1) is 16.5. The summed E-state index contributed by atoms with van der Waals surface area (Å²) in [6, 6.07) is 4.70. The van der Waals surface area contributed by atoms with Gasteiger partial charge in [0.1, 0.15) is 18.1 Å². The van der Waals surface area contributed by atoms with E-state index in [9.17, 15) is 34.2 Å². The van der Waals surface area contributed by atoms with Crippen molar-refractivity contribution in [2.24, 2.45) is 16.5 Å². The molecule has 0 bridgehead atoms. The number of amides is 3. The lowest BCUT2D eigenvalue weighted by molar-refractivity contribution is -0.141. The second-order valence-electron chi connectivity index (χ2n) is 7.73. The Hall–Kier alpha value is -4.00. The summed E-state index contributed by atoms with van der Waals surface area (Å²) in [5, 5.41) is 25.8. The number of carbonyl (C=O) groups is 5. The maximum absolute atomic E-state index is 12.7. The van der Waals surface area contributed by atoms with Gasteiger partial charge in [-0.2, -0.15) is 0 Å². The number of Topliss-reactive ketones (excluding diaryl/α,β-unsaturated/α-hetero) is 1. The van der Waals surface area contributed by atoms with Crippen molar-refractivity contribution in [2.75, 3.05) is 13.2 Å². The quantitative estimate of drug-likeness (QED) is 0.0799. The first-order valence-corrected chi connectivity index (χ1v) is 10.9. The Balaban J connectivity index is 2.88. The molecule has 0 heterocycles. The van der Waals surface area contributed by atoms with E-state index in [0.717, 1.165) is 0 Å². The number of aliphatic imine (C=N–C) groups is 1. The van der Waals surface area contributed by atoms with Crippen LogP contribution >= 0.6 is 0 Å². The predicted molar refractivity (Wildman–Crippen MR) is 126 cm³/mol. The first-order valence-electron chi connectivity index (χ1n) is 10.9.